The van der Waals surface area contributed by atoms with Crippen molar-refractivity contribution in [3.8, 4) is 0 Å². The number of carbonyl (C=O) groups excluding carboxylic acids is 1. The van der Waals surface area contributed by atoms with Gasteiger partial charge in [-0.15, -0.1) is 0 Å². The number of carbonyl (C=O) groups is 1. The number of halogens is 1. The molecule has 0 bridgehead atoms. The van der Waals surface area contributed by atoms with Gasteiger partial charge in [0.2, 0.25) is 5.91 Å². The molecule has 1 heterocycles. The third kappa shape index (κ3) is 3.91. The number of hydrogen-bond donors (Lipinski definition) is 2. The predicted molar refractivity (Wildman–Crippen MR) is 90.3 cm³/mol. The fraction of sp³-hybridized carbons (Fsp3) is 0.278. The summed E-state index contributed by atoms with van der Waals surface area (Å²) in [7, 11) is 0. The first kappa shape index (κ1) is 16.0. The van der Waals surface area contributed by atoms with Crippen LogP contribution in [0.1, 0.15) is 34.0 Å². The monoisotopic (exact) mass is 330 g/mol. The Balaban J connectivity index is 1.66. The number of nitrogens with two attached hydrogens (primary N) is 1. The highest BCUT2D eigenvalue weighted by Crippen LogP contribution is 2.30. The topological polar surface area (TPSA) is 64.4 Å². The molecule has 0 unspecified atom stereocenters. The third-order valence-corrected chi connectivity index (χ3v) is 4.32. The molecular formula is C18H19ClN2O2. The highest BCUT2D eigenvalue weighted by atomic mass is 35.5. The van der Waals surface area contributed by atoms with Crippen LogP contribution in [0.2, 0.25) is 5.02 Å². The Bertz CT molecular complexity index is 688. The molecule has 0 saturated carbocycles. The Morgan fingerprint density at radius 3 is 2.78 bits per heavy atom. The zero-order chi connectivity index (χ0) is 16.2. The molecule has 2 aromatic carbocycles. The van der Waals surface area contributed by atoms with E-state index in [1.165, 1.54) is 0 Å². The molecule has 23 heavy (non-hydrogen) atoms. The SMILES string of the molecule is NC(=O)c1cccc(CN[C@H]2CCO[C@@H]2c2ccc(Cl)cc2)c1. The van der Waals surface area contributed by atoms with Crippen molar-refractivity contribution in [2.45, 2.75) is 25.1 Å². The largest absolute Gasteiger partial charge is 0.372 e. The molecule has 3 rings (SSSR count). The molecule has 1 fully saturated rings. The maximum atomic E-state index is 11.2. The standard InChI is InChI=1S/C18H19ClN2O2/c19-15-6-4-13(5-7-15)17-16(8-9-23-17)21-11-12-2-1-3-14(10-12)18(20)22/h1-7,10,16-17,21H,8-9,11H2,(H2,20,22)/t16-,17+/m0/s1. The average Bonchev–Trinajstić information content (AvgIpc) is 3.02. The Labute approximate surface area is 140 Å². The van der Waals surface area contributed by atoms with Crippen LogP contribution < -0.4 is 11.1 Å². The highest BCUT2D eigenvalue weighted by Gasteiger charge is 2.29. The van der Waals surface area contributed by atoms with E-state index in [0.717, 1.165) is 29.2 Å². The summed E-state index contributed by atoms with van der Waals surface area (Å²) in [4.78, 5) is 11.2. The number of hydrogen-bond acceptors (Lipinski definition) is 3. The first-order valence-electron chi connectivity index (χ1n) is 7.62. The van der Waals surface area contributed by atoms with Gasteiger partial charge in [0.05, 0.1) is 6.10 Å². The van der Waals surface area contributed by atoms with Crippen molar-refractivity contribution in [3.63, 3.8) is 0 Å². The lowest BCUT2D eigenvalue weighted by Crippen LogP contribution is -2.31. The van der Waals surface area contributed by atoms with Crippen LogP contribution in [-0.4, -0.2) is 18.6 Å². The van der Waals surface area contributed by atoms with Crippen LogP contribution in [-0.2, 0) is 11.3 Å². The molecule has 0 radical (unpaired) electrons. The Hall–Kier alpha value is -1.88. The molecular weight excluding hydrogens is 312 g/mol. The molecule has 5 heteroatoms. The van der Waals surface area contributed by atoms with Crippen LogP contribution in [0.25, 0.3) is 0 Å². The summed E-state index contributed by atoms with van der Waals surface area (Å²) in [6.07, 6.45) is 0.967. The van der Waals surface area contributed by atoms with Crippen molar-refractivity contribution in [1.82, 2.24) is 5.32 Å². The minimum Gasteiger partial charge on any atom is -0.372 e. The summed E-state index contributed by atoms with van der Waals surface area (Å²) >= 11 is 5.94. The van der Waals surface area contributed by atoms with Crippen LogP contribution in [0.3, 0.4) is 0 Å². The Morgan fingerprint density at radius 2 is 2.04 bits per heavy atom. The van der Waals surface area contributed by atoms with E-state index in [1.54, 1.807) is 6.07 Å². The van der Waals surface area contributed by atoms with E-state index in [4.69, 9.17) is 22.1 Å². The van der Waals surface area contributed by atoms with Gasteiger partial charge in [0.25, 0.3) is 0 Å². The van der Waals surface area contributed by atoms with Crippen molar-refractivity contribution < 1.29 is 9.53 Å². The molecule has 0 spiro atoms. The summed E-state index contributed by atoms with van der Waals surface area (Å²) in [5.74, 6) is -0.407. The minimum absolute atomic E-state index is 0.0200. The highest BCUT2D eigenvalue weighted by molar-refractivity contribution is 6.30. The minimum atomic E-state index is -0.407. The van der Waals surface area contributed by atoms with Crippen LogP contribution in [0.15, 0.2) is 48.5 Å². The molecule has 1 amide bonds. The quantitative estimate of drug-likeness (QED) is 0.885. The van der Waals surface area contributed by atoms with Crippen LogP contribution in [0.5, 0.6) is 0 Å². The average molecular weight is 331 g/mol. The number of primary amides is 1. The number of rotatable bonds is 5. The first-order valence-corrected chi connectivity index (χ1v) is 8.00. The van der Waals surface area contributed by atoms with Crippen molar-refractivity contribution in [2.75, 3.05) is 6.61 Å². The fourth-order valence-electron chi connectivity index (χ4n) is 2.86. The van der Waals surface area contributed by atoms with Crippen molar-refractivity contribution in [3.05, 3.63) is 70.2 Å². The lowest BCUT2D eigenvalue weighted by atomic mass is 10.0. The summed E-state index contributed by atoms with van der Waals surface area (Å²) in [5, 5.41) is 4.24. The van der Waals surface area contributed by atoms with E-state index >= 15 is 0 Å². The maximum absolute atomic E-state index is 11.2. The van der Waals surface area contributed by atoms with E-state index in [1.807, 2.05) is 42.5 Å². The first-order chi connectivity index (χ1) is 11.1. The van der Waals surface area contributed by atoms with Gasteiger partial charge in [-0.25, -0.2) is 0 Å². The number of nitrogens with one attached hydrogen (secondary N) is 1. The molecule has 120 valence electrons. The molecule has 2 atom stereocenters. The number of benzene rings is 2. The summed E-state index contributed by atoms with van der Waals surface area (Å²) < 4.78 is 5.86. The van der Waals surface area contributed by atoms with Gasteiger partial charge in [-0.05, 0) is 41.8 Å². The van der Waals surface area contributed by atoms with Gasteiger partial charge in [0, 0.05) is 29.8 Å². The Kier molecular flexibility index (Phi) is 4.96. The number of amides is 1. The molecule has 3 N–H and O–H groups in total. The van der Waals surface area contributed by atoms with Crippen LogP contribution >= 0.6 is 11.6 Å². The van der Waals surface area contributed by atoms with Crippen LogP contribution in [0.4, 0.5) is 0 Å². The van der Waals surface area contributed by atoms with Gasteiger partial charge in [-0.2, -0.15) is 0 Å². The molecule has 1 saturated heterocycles. The zero-order valence-corrected chi connectivity index (χ0v) is 13.4. The molecule has 0 aromatic heterocycles. The predicted octanol–water partition coefficient (Wildman–Crippen LogP) is 3.06. The smallest absolute Gasteiger partial charge is 0.248 e. The molecule has 0 aliphatic carbocycles. The van der Waals surface area contributed by atoms with Crippen LogP contribution in [0, 0.1) is 0 Å². The van der Waals surface area contributed by atoms with E-state index in [-0.39, 0.29) is 12.1 Å². The van der Waals surface area contributed by atoms with Crippen molar-refractivity contribution in [2.24, 2.45) is 5.73 Å². The summed E-state index contributed by atoms with van der Waals surface area (Å²) in [6.45, 7) is 1.39. The number of ether oxygens (including phenoxy) is 1. The lowest BCUT2D eigenvalue weighted by Gasteiger charge is -2.20. The van der Waals surface area contributed by atoms with Gasteiger partial charge in [-0.3, -0.25) is 4.79 Å². The second kappa shape index (κ2) is 7.13. The van der Waals surface area contributed by atoms with Crippen molar-refractivity contribution in [1.29, 1.82) is 0 Å². The molecule has 1 aliphatic rings. The second-order valence-electron chi connectivity index (χ2n) is 5.68. The van der Waals surface area contributed by atoms with Gasteiger partial charge in [-0.1, -0.05) is 35.9 Å². The van der Waals surface area contributed by atoms with E-state index in [9.17, 15) is 4.79 Å². The fourth-order valence-corrected chi connectivity index (χ4v) is 2.99. The third-order valence-electron chi connectivity index (χ3n) is 4.07. The molecule has 2 aromatic rings. The lowest BCUT2D eigenvalue weighted by molar-refractivity contribution is 0.0983. The second-order valence-corrected chi connectivity index (χ2v) is 6.12. The summed E-state index contributed by atoms with van der Waals surface area (Å²) in [6, 6.07) is 15.4. The van der Waals surface area contributed by atoms with Gasteiger partial charge < -0.3 is 15.8 Å². The maximum Gasteiger partial charge on any atom is 0.248 e. The molecule has 4 nitrogen and oxygen atoms in total. The molecule has 1 aliphatic heterocycles. The van der Waals surface area contributed by atoms with E-state index in [0.29, 0.717) is 12.1 Å². The van der Waals surface area contributed by atoms with Gasteiger partial charge in [0.15, 0.2) is 0 Å². The summed E-state index contributed by atoms with van der Waals surface area (Å²) in [5.41, 5.74) is 8.00. The Morgan fingerprint density at radius 1 is 1.26 bits per heavy atom. The van der Waals surface area contributed by atoms with Crippen molar-refractivity contribution >= 4 is 17.5 Å². The van der Waals surface area contributed by atoms with Gasteiger partial charge >= 0.3 is 0 Å². The normalized spacial score (nSPS) is 20.6. The van der Waals surface area contributed by atoms with E-state index in [2.05, 4.69) is 5.32 Å². The zero-order valence-electron chi connectivity index (χ0n) is 12.7. The van der Waals surface area contributed by atoms with Gasteiger partial charge in [0.1, 0.15) is 0 Å². The van der Waals surface area contributed by atoms with E-state index < -0.39 is 5.91 Å².